The largest absolute Gasteiger partial charge is 0.398 e. The van der Waals surface area contributed by atoms with Crippen LogP contribution < -0.4 is 5.73 Å². The Bertz CT molecular complexity index is 600. The SMILES string of the molecule is CC(Cn1nnnc1-c1cccc(N)c1Cl)C(C)(C)C. The average molecular weight is 294 g/mol. The van der Waals surface area contributed by atoms with Crippen molar-refractivity contribution in [3.8, 4) is 11.4 Å². The molecule has 2 aromatic rings. The van der Waals surface area contributed by atoms with E-state index in [0.717, 1.165) is 12.1 Å². The normalized spacial score (nSPS) is 13.4. The Balaban J connectivity index is 2.36. The van der Waals surface area contributed by atoms with Crippen molar-refractivity contribution >= 4 is 17.3 Å². The highest BCUT2D eigenvalue weighted by Gasteiger charge is 2.23. The summed E-state index contributed by atoms with van der Waals surface area (Å²) in [5.41, 5.74) is 7.31. The minimum absolute atomic E-state index is 0.183. The molecular weight excluding hydrogens is 274 g/mol. The zero-order valence-corrected chi connectivity index (χ0v) is 13.0. The molecule has 1 atom stereocenters. The van der Waals surface area contributed by atoms with E-state index in [4.69, 9.17) is 17.3 Å². The standard InChI is InChI=1S/C14H20ClN5/c1-9(14(2,3)4)8-20-13(17-18-19-20)10-6-5-7-11(16)12(10)15/h5-7,9H,8,16H2,1-4H3. The zero-order chi connectivity index (χ0) is 14.9. The van der Waals surface area contributed by atoms with Crippen molar-refractivity contribution in [1.82, 2.24) is 20.2 Å². The van der Waals surface area contributed by atoms with Crippen molar-refractivity contribution in [3.05, 3.63) is 23.2 Å². The lowest BCUT2D eigenvalue weighted by Gasteiger charge is -2.27. The summed E-state index contributed by atoms with van der Waals surface area (Å²) in [5.74, 6) is 1.07. The van der Waals surface area contributed by atoms with Gasteiger partial charge in [0, 0.05) is 12.1 Å². The fourth-order valence-corrected chi connectivity index (χ4v) is 1.99. The van der Waals surface area contributed by atoms with Gasteiger partial charge in [-0.2, -0.15) is 0 Å². The van der Waals surface area contributed by atoms with Gasteiger partial charge in [-0.1, -0.05) is 45.4 Å². The Hall–Kier alpha value is -1.62. The van der Waals surface area contributed by atoms with E-state index in [-0.39, 0.29) is 5.41 Å². The van der Waals surface area contributed by atoms with E-state index in [2.05, 4.69) is 43.2 Å². The Labute approximate surface area is 124 Å². The molecule has 2 N–H and O–H groups in total. The molecule has 0 aliphatic carbocycles. The molecule has 0 bridgehead atoms. The highest BCUT2D eigenvalue weighted by Crippen LogP contribution is 2.32. The minimum Gasteiger partial charge on any atom is -0.398 e. The van der Waals surface area contributed by atoms with Crippen LogP contribution in [0.25, 0.3) is 11.4 Å². The van der Waals surface area contributed by atoms with Crippen LogP contribution in [-0.4, -0.2) is 20.2 Å². The van der Waals surface area contributed by atoms with Gasteiger partial charge < -0.3 is 5.73 Å². The van der Waals surface area contributed by atoms with E-state index in [1.807, 2.05) is 12.1 Å². The predicted octanol–water partition coefficient (Wildman–Crippen LogP) is 3.26. The lowest BCUT2D eigenvalue weighted by atomic mass is 9.82. The molecule has 0 saturated heterocycles. The van der Waals surface area contributed by atoms with Gasteiger partial charge in [-0.25, -0.2) is 4.68 Å². The number of anilines is 1. The summed E-state index contributed by atoms with van der Waals surface area (Å²) in [4.78, 5) is 0. The topological polar surface area (TPSA) is 69.6 Å². The molecule has 0 amide bonds. The number of benzene rings is 1. The first-order valence-electron chi connectivity index (χ1n) is 6.61. The molecule has 0 aliphatic rings. The molecule has 2 rings (SSSR count). The molecule has 0 aliphatic heterocycles. The van der Waals surface area contributed by atoms with Gasteiger partial charge in [0.1, 0.15) is 0 Å². The lowest BCUT2D eigenvalue weighted by molar-refractivity contribution is 0.225. The van der Waals surface area contributed by atoms with Crippen LogP contribution in [0.1, 0.15) is 27.7 Å². The number of nitrogens with two attached hydrogens (primary N) is 1. The number of aromatic nitrogens is 4. The molecule has 1 aromatic heterocycles. The summed E-state index contributed by atoms with van der Waals surface area (Å²) >= 11 is 6.25. The monoisotopic (exact) mass is 293 g/mol. The lowest BCUT2D eigenvalue weighted by Crippen LogP contribution is -2.23. The van der Waals surface area contributed by atoms with Crippen LogP contribution in [0.5, 0.6) is 0 Å². The molecule has 6 heteroatoms. The summed E-state index contributed by atoms with van der Waals surface area (Å²) in [6.45, 7) is 9.53. The van der Waals surface area contributed by atoms with E-state index in [1.54, 1.807) is 10.7 Å². The van der Waals surface area contributed by atoms with E-state index in [1.165, 1.54) is 0 Å². The quantitative estimate of drug-likeness (QED) is 0.882. The maximum Gasteiger partial charge on any atom is 0.183 e. The fourth-order valence-electron chi connectivity index (χ4n) is 1.78. The van der Waals surface area contributed by atoms with E-state index >= 15 is 0 Å². The number of tetrazole rings is 1. The molecule has 0 saturated carbocycles. The first-order valence-corrected chi connectivity index (χ1v) is 6.99. The minimum atomic E-state index is 0.183. The molecular formula is C14H20ClN5. The molecule has 0 radical (unpaired) electrons. The van der Waals surface area contributed by atoms with Crippen LogP contribution in [0.2, 0.25) is 5.02 Å². The van der Waals surface area contributed by atoms with Crippen molar-refractivity contribution in [2.75, 3.05) is 5.73 Å². The summed E-state index contributed by atoms with van der Waals surface area (Å²) in [7, 11) is 0. The molecule has 1 unspecified atom stereocenters. The summed E-state index contributed by atoms with van der Waals surface area (Å²) in [5, 5.41) is 12.4. The van der Waals surface area contributed by atoms with Crippen LogP contribution in [0, 0.1) is 11.3 Å². The Morgan fingerprint density at radius 3 is 2.70 bits per heavy atom. The van der Waals surface area contributed by atoms with Crippen molar-refractivity contribution in [3.63, 3.8) is 0 Å². The van der Waals surface area contributed by atoms with Crippen molar-refractivity contribution in [2.45, 2.75) is 34.2 Å². The van der Waals surface area contributed by atoms with Gasteiger partial charge in [-0.3, -0.25) is 0 Å². The summed E-state index contributed by atoms with van der Waals surface area (Å²) in [6.07, 6.45) is 0. The highest BCUT2D eigenvalue weighted by atomic mass is 35.5. The van der Waals surface area contributed by atoms with Gasteiger partial charge in [-0.15, -0.1) is 5.10 Å². The molecule has 108 valence electrons. The van der Waals surface area contributed by atoms with Gasteiger partial charge in [0.2, 0.25) is 0 Å². The molecule has 1 heterocycles. The number of hydrogen-bond donors (Lipinski definition) is 1. The van der Waals surface area contributed by atoms with E-state index < -0.39 is 0 Å². The number of rotatable bonds is 3. The van der Waals surface area contributed by atoms with Crippen LogP contribution in [0.3, 0.4) is 0 Å². The van der Waals surface area contributed by atoms with Gasteiger partial charge in [0.25, 0.3) is 0 Å². The second-order valence-corrected chi connectivity index (χ2v) is 6.54. The molecule has 20 heavy (non-hydrogen) atoms. The molecule has 5 nitrogen and oxygen atoms in total. The number of nitrogens with zero attached hydrogens (tertiary/aromatic N) is 4. The van der Waals surface area contributed by atoms with Crippen LogP contribution in [0.4, 0.5) is 5.69 Å². The number of hydrogen-bond acceptors (Lipinski definition) is 4. The van der Waals surface area contributed by atoms with E-state index in [9.17, 15) is 0 Å². The van der Waals surface area contributed by atoms with Gasteiger partial charge in [0.05, 0.1) is 10.7 Å². The Morgan fingerprint density at radius 2 is 2.05 bits per heavy atom. The molecule has 1 aromatic carbocycles. The maximum absolute atomic E-state index is 6.25. The Kier molecular flexibility index (Phi) is 3.99. The summed E-state index contributed by atoms with van der Waals surface area (Å²) < 4.78 is 1.79. The third-order valence-corrected chi connectivity index (χ3v) is 4.15. The molecule has 0 spiro atoms. The number of nitrogen functional groups attached to an aromatic ring is 1. The van der Waals surface area contributed by atoms with Gasteiger partial charge in [0.15, 0.2) is 5.82 Å². The first kappa shape index (κ1) is 14.8. The van der Waals surface area contributed by atoms with Crippen LogP contribution >= 0.6 is 11.6 Å². The predicted molar refractivity (Wildman–Crippen MR) is 81.3 cm³/mol. The van der Waals surface area contributed by atoms with Crippen LogP contribution in [0.15, 0.2) is 18.2 Å². The van der Waals surface area contributed by atoms with Crippen molar-refractivity contribution < 1.29 is 0 Å². The average Bonchev–Trinajstić information content (AvgIpc) is 2.79. The molecule has 0 fully saturated rings. The Morgan fingerprint density at radius 1 is 1.35 bits per heavy atom. The second-order valence-electron chi connectivity index (χ2n) is 6.16. The zero-order valence-electron chi connectivity index (χ0n) is 12.3. The number of halogens is 1. The summed E-state index contributed by atoms with van der Waals surface area (Å²) in [6, 6.07) is 5.49. The second kappa shape index (κ2) is 5.40. The van der Waals surface area contributed by atoms with Crippen LogP contribution in [-0.2, 0) is 6.54 Å². The fraction of sp³-hybridized carbons (Fsp3) is 0.500. The first-order chi connectivity index (χ1) is 9.30. The van der Waals surface area contributed by atoms with Gasteiger partial charge in [-0.05, 0) is 33.9 Å². The van der Waals surface area contributed by atoms with E-state index in [0.29, 0.717) is 22.5 Å². The highest BCUT2D eigenvalue weighted by molar-refractivity contribution is 6.35. The maximum atomic E-state index is 6.25. The van der Waals surface area contributed by atoms with Gasteiger partial charge >= 0.3 is 0 Å². The van der Waals surface area contributed by atoms with Crippen molar-refractivity contribution in [2.24, 2.45) is 11.3 Å². The van der Waals surface area contributed by atoms with Crippen molar-refractivity contribution in [1.29, 1.82) is 0 Å². The third kappa shape index (κ3) is 2.93. The third-order valence-electron chi connectivity index (χ3n) is 3.73. The smallest absolute Gasteiger partial charge is 0.183 e.